The number of aliphatic hydroxyl groups excluding tert-OH is 1. The summed E-state index contributed by atoms with van der Waals surface area (Å²) in [6.07, 6.45) is -0.896. The van der Waals surface area contributed by atoms with Crippen molar-refractivity contribution in [1.82, 2.24) is 0 Å². The van der Waals surface area contributed by atoms with E-state index in [1.54, 1.807) is 13.8 Å². The van der Waals surface area contributed by atoms with Gasteiger partial charge in [-0.1, -0.05) is 55.0 Å². The van der Waals surface area contributed by atoms with Crippen LogP contribution in [0.4, 0.5) is 0 Å². The van der Waals surface area contributed by atoms with E-state index < -0.39 is 28.4 Å². The molecule has 2 aromatic rings. The maximum Gasteiger partial charge on any atom is 0.0902 e. The Morgan fingerprint density at radius 3 is 2.35 bits per heavy atom. The van der Waals surface area contributed by atoms with Gasteiger partial charge in [0, 0.05) is 10.8 Å². The molecule has 0 bridgehead atoms. The number of aliphatic hydroxyl groups is 2. The molecule has 26 heavy (non-hydrogen) atoms. The van der Waals surface area contributed by atoms with Crippen LogP contribution in [0.1, 0.15) is 25.0 Å². The van der Waals surface area contributed by atoms with Crippen molar-refractivity contribution in [1.29, 1.82) is 0 Å². The maximum atomic E-state index is 12.4. The molecule has 0 amide bonds. The second-order valence-corrected chi connectivity index (χ2v) is 8.51. The SMILES string of the molecule is Cc1ccc([S@](=O)C[C@@H](O)[C@H](C)[C@](C)(O)COCc2ccccc2)cc1. The Balaban J connectivity index is 1.87. The summed E-state index contributed by atoms with van der Waals surface area (Å²) in [7, 11) is -1.31. The summed E-state index contributed by atoms with van der Waals surface area (Å²) in [5.74, 6) is -0.397. The van der Waals surface area contributed by atoms with Crippen LogP contribution >= 0.6 is 0 Å². The molecule has 142 valence electrons. The van der Waals surface area contributed by atoms with E-state index in [1.807, 2.05) is 61.5 Å². The van der Waals surface area contributed by atoms with Crippen molar-refractivity contribution in [2.75, 3.05) is 12.4 Å². The van der Waals surface area contributed by atoms with E-state index in [9.17, 15) is 14.4 Å². The zero-order valence-corrected chi connectivity index (χ0v) is 16.4. The zero-order chi connectivity index (χ0) is 19.2. The standard InChI is InChI=1S/C21H28O4S/c1-16-9-11-19(12-10-16)26(24)14-20(22)17(2)21(3,23)15-25-13-18-7-5-4-6-8-18/h4-12,17,20,22-23H,13-15H2,1-3H3/t17-,20+,21+,26+/m0/s1. The largest absolute Gasteiger partial charge is 0.392 e. The van der Waals surface area contributed by atoms with Gasteiger partial charge in [-0.2, -0.15) is 0 Å². The van der Waals surface area contributed by atoms with Gasteiger partial charge >= 0.3 is 0 Å². The van der Waals surface area contributed by atoms with E-state index in [2.05, 4.69) is 0 Å². The zero-order valence-electron chi connectivity index (χ0n) is 15.6. The first-order chi connectivity index (χ1) is 12.3. The first-order valence-electron chi connectivity index (χ1n) is 8.77. The van der Waals surface area contributed by atoms with Crippen molar-refractivity contribution in [2.45, 2.75) is 44.0 Å². The number of rotatable bonds is 9. The van der Waals surface area contributed by atoms with Crippen LogP contribution in [0.5, 0.6) is 0 Å². The number of aryl methyl sites for hydroxylation is 1. The average molecular weight is 377 g/mol. The van der Waals surface area contributed by atoms with E-state index in [0.29, 0.717) is 11.5 Å². The topological polar surface area (TPSA) is 66.8 Å². The molecule has 2 aromatic carbocycles. The van der Waals surface area contributed by atoms with E-state index in [1.165, 1.54) is 0 Å². The minimum atomic E-state index is -1.31. The van der Waals surface area contributed by atoms with Gasteiger partial charge in [-0.05, 0) is 31.5 Å². The number of ether oxygens (including phenoxy) is 1. The molecule has 2 rings (SSSR count). The van der Waals surface area contributed by atoms with Gasteiger partial charge in [-0.15, -0.1) is 0 Å². The van der Waals surface area contributed by atoms with Gasteiger partial charge in [0.25, 0.3) is 0 Å². The molecule has 0 heterocycles. The molecule has 0 aliphatic heterocycles. The van der Waals surface area contributed by atoms with Gasteiger partial charge in [-0.25, -0.2) is 0 Å². The Morgan fingerprint density at radius 1 is 1.12 bits per heavy atom. The van der Waals surface area contributed by atoms with Crippen LogP contribution in [0.2, 0.25) is 0 Å². The lowest BCUT2D eigenvalue weighted by molar-refractivity contribution is -0.0987. The molecule has 0 saturated carbocycles. The summed E-state index contributed by atoms with van der Waals surface area (Å²) in [5, 5.41) is 21.1. The highest BCUT2D eigenvalue weighted by atomic mass is 32.2. The third-order valence-electron chi connectivity index (χ3n) is 4.67. The van der Waals surface area contributed by atoms with Gasteiger partial charge in [-0.3, -0.25) is 4.21 Å². The van der Waals surface area contributed by atoms with Crippen molar-refractivity contribution in [2.24, 2.45) is 5.92 Å². The van der Waals surface area contributed by atoms with Crippen LogP contribution in [0, 0.1) is 12.8 Å². The van der Waals surface area contributed by atoms with Gasteiger partial charge < -0.3 is 14.9 Å². The molecule has 0 aromatic heterocycles. The molecular formula is C21H28O4S. The minimum Gasteiger partial charge on any atom is -0.392 e. The molecule has 0 unspecified atom stereocenters. The average Bonchev–Trinajstić information content (AvgIpc) is 2.62. The van der Waals surface area contributed by atoms with Gasteiger partial charge in [0.15, 0.2) is 0 Å². The Hall–Kier alpha value is -1.53. The van der Waals surface area contributed by atoms with E-state index in [0.717, 1.165) is 11.1 Å². The van der Waals surface area contributed by atoms with E-state index in [-0.39, 0.29) is 12.4 Å². The smallest absolute Gasteiger partial charge is 0.0902 e. The van der Waals surface area contributed by atoms with Crippen molar-refractivity contribution < 1.29 is 19.2 Å². The quantitative estimate of drug-likeness (QED) is 0.706. The fourth-order valence-corrected chi connectivity index (χ4v) is 3.81. The summed E-state index contributed by atoms with van der Waals surface area (Å²) in [4.78, 5) is 0.682. The molecule has 4 atom stereocenters. The molecule has 0 radical (unpaired) electrons. The Morgan fingerprint density at radius 2 is 1.73 bits per heavy atom. The van der Waals surface area contributed by atoms with Gasteiger partial charge in [0.2, 0.25) is 0 Å². The molecule has 4 nitrogen and oxygen atoms in total. The molecule has 0 fully saturated rings. The maximum absolute atomic E-state index is 12.4. The Kier molecular flexibility index (Phi) is 7.53. The van der Waals surface area contributed by atoms with Crippen molar-refractivity contribution in [3.8, 4) is 0 Å². The number of hydrogen-bond donors (Lipinski definition) is 2. The summed E-state index contributed by atoms with van der Waals surface area (Å²) in [6, 6.07) is 17.1. The highest BCUT2D eigenvalue weighted by Gasteiger charge is 2.34. The predicted octanol–water partition coefficient (Wildman–Crippen LogP) is 3.07. The van der Waals surface area contributed by atoms with E-state index in [4.69, 9.17) is 4.74 Å². The molecular weight excluding hydrogens is 348 g/mol. The molecule has 5 heteroatoms. The molecule has 0 saturated heterocycles. The first-order valence-corrected chi connectivity index (χ1v) is 10.1. The second-order valence-electron chi connectivity index (χ2n) is 7.02. The third-order valence-corrected chi connectivity index (χ3v) is 6.11. The third kappa shape index (κ3) is 6.02. The highest BCUT2D eigenvalue weighted by Crippen LogP contribution is 2.23. The lowest BCUT2D eigenvalue weighted by Gasteiger charge is -2.33. The molecule has 0 spiro atoms. The fraction of sp³-hybridized carbons (Fsp3) is 0.429. The van der Waals surface area contributed by atoms with Crippen molar-refractivity contribution in [3.63, 3.8) is 0 Å². The van der Waals surface area contributed by atoms with Gasteiger partial charge in [0.1, 0.15) is 0 Å². The summed E-state index contributed by atoms with van der Waals surface area (Å²) >= 11 is 0. The lowest BCUT2D eigenvalue weighted by Crippen LogP contribution is -2.45. The van der Waals surface area contributed by atoms with Crippen LogP contribution < -0.4 is 0 Å². The number of benzene rings is 2. The summed E-state index contributed by atoms with van der Waals surface area (Å²) in [6.45, 7) is 5.85. The normalized spacial score (nSPS) is 17.3. The second kappa shape index (κ2) is 9.42. The lowest BCUT2D eigenvalue weighted by atomic mass is 9.87. The summed E-state index contributed by atoms with van der Waals surface area (Å²) in [5.41, 5.74) is 0.904. The van der Waals surface area contributed by atoms with Crippen molar-refractivity contribution in [3.05, 3.63) is 65.7 Å². The summed E-state index contributed by atoms with van der Waals surface area (Å²) < 4.78 is 18.1. The fourth-order valence-electron chi connectivity index (χ4n) is 2.58. The molecule has 0 aliphatic rings. The first kappa shape index (κ1) is 20.8. The van der Waals surface area contributed by atoms with Crippen LogP contribution in [-0.4, -0.2) is 38.5 Å². The van der Waals surface area contributed by atoms with Gasteiger partial charge in [0.05, 0.1) is 41.5 Å². The van der Waals surface area contributed by atoms with Crippen LogP contribution in [-0.2, 0) is 22.1 Å². The monoisotopic (exact) mass is 376 g/mol. The van der Waals surface area contributed by atoms with Crippen molar-refractivity contribution >= 4 is 10.8 Å². The molecule has 0 aliphatic carbocycles. The predicted molar refractivity (Wildman–Crippen MR) is 104 cm³/mol. The van der Waals surface area contributed by atoms with E-state index >= 15 is 0 Å². The number of hydrogen-bond acceptors (Lipinski definition) is 4. The van der Waals surface area contributed by atoms with Crippen LogP contribution in [0.3, 0.4) is 0 Å². The minimum absolute atomic E-state index is 0.0824. The molecule has 2 N–H and O–H groups in total. The highest BCUT2D eigenvalue weighted by molar-refractivity contribution is 7.85. The Bertz CT molecular complexity index is 698. The Labute approximate surface area is 158 Å². The van der Waals surface area contributed by atoms with Crippen LogP contribution in [0.25, 0.3) is 0 Å². The van der Waals surface area contributed by atoms with Crippen LogP contribution in [0.15, 0.2) is 59.5 Å².